The highest BCUT2D eigenvalue weighted by Crippen LogP contribution is 2.37. The molecule has 0 saturated heterocycles. The highest BCUT2D eigenvalue weighted by molar-refractivity contribution is 9.10. The summed E-state index contributed by atoms with van der Waals surface area (Å²) in [7, 11) is 1.47. The molecule has 2 rings (SSSR count). The third-order valence-electron chi connectivity index (χ3n) is 2.02. The van der Waals surface area contributed by atoms with Gasteiger partial charge in [0.2, 0.25) is 0 Å². The lowest BCUT2D eigenvalue weighted by atomic mass is 10.2. The summed E-state index contributed by atoms with van der Waals surface area (Å²) in [5.41, 5.74) is 0. The molecule has 0 fully saturated rings. The van der Waals surface area contributed by atoms with Gasteiger partial charge in [0.1, 0.15) is 11.6 Å². The number of carbonyl (C=O) groups is 1. The Morgan fingerprint density at radius 3 is 2.87 bits per heavy atom. The first-order valence-electron chi connectivity index (χ1n) is 4.08. The lowest BCUT2D eigenvalue weighted by Gasteiger charge is -2.04. The van der Waals surface area contributed by atoms with E-state index in [4.69, 9.17) is 4.74 Å². The molecule has 0 aliphatic carbocycles. The number of ether oxygens (including phenoxy) is 1. The van der Waals surface area contributed by atoms with Crippen LogP contribution in [0.3, 0.4) is 0 Å². The quantitative estimate of drug-likeness (QED) is 0.789. The van der Waals surface area contributed by atoms with Crippen molar-refractivity contribution in [2.75, 3.05) is 7.11 Å². The summed E-state index contributed by atoms with van der Waals surface area (Å²) < 4.78 is 19.8. The summed E-state index contributed by atoms with van der Waals surface area (Å²) in [5.74, 6) is 0.0352. The van der Waals surface area contributed by atoms with Crippen molar-refractivity contribution in [2.24, 2.45) is 0 Å². The van der Waals surface area contributed by atoms with Crippen molar-refractivity contribution < 1.29 is 13.9 Å². The van der Waals surface area contributed by atoms with Crippen LogP contribution in [0.15, 0.2) is 16.6 Å². The molecule has 2 nitrogen and oxygen atoms in total. The second-order valence-corrected chi connectivity index (χ2v) is 4.79. The number of thiophene rings is 1. The molecular formula is C10H6BrFO2S. The van der Waals surface area contributed by atoms with Gasteiger partial charge in [0, 0.05) is 10.1 Å². The lowest BCUT2D eigenvalue weighted by Crippen LogP contribution is -1.87. The van der Waals surface area contributed by atoms with Crippen LogP contribution in [-0.4, -0.2) is 13.4 Å². The monoisotopic (exact) mass is 288 g/mol. The van der Waals surface area contributed by atoms with Crippen LogP contribution in [0.25, 0.3) is 10.1 Å². The molecule has 0 atom stereocenters. The minimum Gasteiger partial charge on any atom is -0.495 e. The fraction of sp³-hybridized carbons (Fsp3) is 0.100. The lowest BCUT2D eigenvalue weighted by molar-refractivity contribution is 0.112. The molecule has 2 aromatic rings. The van der Waals surface area contributed by atoms with Gasteiger partial charge < -0.3 is 4.74 Å². The van der Waals surface area contributed by atoms with Gasteiger partial charge in [-0.2, -0.15) is 0 Å². The van der Waals surface area contributed by atoms with Gasteiger partial charge in [-0.25, -0.2) is 4.39 Å². The molecule has 0 radical (unpaired) electrons. The van der Waals surface area contributed by atoms with Crippen molar-refractivity contribution in [1.82, 2.24) is 0 Å². The number of hydrogen-bond donors (Lipinski definition) is 0. The van der Waals surface area contributed by atoms with Crippen molar-refractivity contribution in [1.29, 1.82) is 0 Å². The molecule has 0 aliphatic rings. The number of rotatable bonds is 2. The number of halogens is 2. The van der Waals surface area contributed by atoms with E-state index < -0.39 is 5.82 Å². The Hall–Kier alpha value is -0.940. The van der Waals surface area contributed by atoms with Gasteiger partial charge in [0.05, 0.1) is 16.5 Å². The Balaban J connectivity index is 2.81. The van der Waals surface area contributed by atoms with Crippen LogP contribution < -0.4 is 4.74 Å². The van der Waals surface area contributed by atoms with Gasteiger partial charge in [-0.1, -0.05) is 0 Å². The summed E-state index contributed by atoms with van der Waals surface area (Å²) in [6.45, 7) is 0. The minimum absolute atomic E-state index is 0.285. The van der Waals surface area contributed by atoms with Crippen LogP contribution in [0, 0.1) is 5.82 Å². The number of benzene rings is 1. The van der Waals surface area contributed by atoms with E-state index in [-0.39, 0.29) is 4.47 Å². The number of carbonyl (C=O) groups excluding carboxylic acids is 1. The van der Waals surface area contributed by atoms with E-state index in [2.05, 4.69) is 15.9 Å². The highest BCUT2D eigenvalue weighted by Gasteiger charge is 2.14. The van der Waals surface area contributed by atoms with Crippen molar-refractivity contribution in [3.63, 3.8) is 0 Å². The van der Waals surface area contributed by atoms with Crippen molar-refractivity contribution in [3.05, 3.63) is 27.3 Å². The second kappa shape index (κ2) is 3.90. The van der Waals surface area contributed by atoms with Crippen LogP contribution in [0.2, 0.25) is 0 Å². The fourth-order valence-corrected chi connectivity index (χ4v) is 2.71. The molecular weight excluding hydrogens is 283 g/mol. The third kappa shape index (κ3) is 1.66. The Bertz CT molecular complexity index is 536. The van der Waals surface area contributed by atoms with Crippen LogP contribution >= 0.6 is 27.3 Å². The molecule has 1 aromatic heterocycles. The average Bonchev–Trinajstić information content (AvgIpc) is 2.66. The first-order valence-corrected chi connectivity index (χ1v) is 5.69. The van der Waals surface area contributed by atoms with Gasteiger partial charge in [0.25, 0.3) is 0 Å². The predicted octanol–water partition coefficient (Wildman–Crippen LogP) is 3.62. The van der Waals surface area contributed by atoms with Crippen molar-refractivity contribution >= 4 is 43.6 Å². The van der Waals surface area contributed by atoms with Gasteiger partial charge in [0.15, 0.2) is 6.29 Å². The minimum atomic E-state index is -0.395. The largest absolute Gasteiger partial charge is 0.495 e. The summed E-state index contributed by atoms with van der Waals surface area (Å²) >= 11 is 4.35. The molecule has 0 spiro atoms. The number of hydrogen-bond acceptors (Lipinski definition) is 3. The van der Waals surface area contributed by atoms with Crippen molar-refractivity contribution in [2.45, 2.75) is 0 Å². The molecule has 1 heterocycles. The van der Waals surface area contributed by atoms with E-state index in [9.17, 15) is 9.18 Å². The third-order valence-corrected chi connectivity index (χ3v) is 3.77. The van der Waals surface area contributed by atoms with Gasteiger partial charge in [-0.3, -0.25) is 4.79 Å². The molecule has 0 unspecified atom stereocenters. The van der Waals surface area contributed by atoms with Crippen LogP contribution in [0.5, 0.6) is 5.75 Å². The first kappa shape index (κ1) is 10.6. The Morgan fingerprint density at radius 1 is 1.53 bits per heavy atom. The zero-order valence-electron chi connectivity index (χ0n) is 7.71. The second-order valence-electron chi connectivity index (χ2n) is 2.89. The number of fused-ring (bicyclic) bond motifs is 1. The van der Waals surface area contributed by atoms with E-state index >= 15 is 0 Å². The summed E-state index contributed by atoms with van der Waals surface area (Å²) in [5, 5.41) is 0.440. The Kier molecular flexibility index (Phi) is 2.75. The van der Waals surface area contributed by atoms with E-state index in [1.165, 1.54) is 24.5 Å². The number of aldehydes is 1. The van der Waals surface area contributed by atoms with Gasteiger partial charge in [-0.15, -0.1) is 11.3 Å². The van der Waals surface area contributed by atoms with Crippen LogP contribution in [0.1, 0.15) is 9.67 Å². The Labute approximate surface area is 97.8 Å². The molecule has 5 heteroatoms. The maximum Gasteiger partial charge on any atom is 0.160 e. The highest BCUT2D eigenvalue weighted by atomic mass is 79.9. The molecule has 0 bridgehead atoms. The van der Waals surface area contributed by atoms with Crippen LogP contribution in [0.4, 0.5) is 4.39 Å². The van der Waals surface area contributed by atoms with E-state index in [0.717, 1.165) is 0 Å². The average molecular weight is 289 g/mol. The summed E-state index contributed by atoms with van der Waals surface area (Å²) in [4.78, 5) is 11.1. The summed E-state index contributed by atoms with van der Waals surface area (Å²) in [6, 6.07) is 3.24. The zero-order chi connectivity index (χ0) is 11.0. The Morgan fingerprint density at radius 2 is 2.27 bits per heavy atom. The maximum atomic E-state index is 13.8. The van der Waals surface area contributed by atoms with E-state index in [0.29, 0.717) is 27.0 Å². The number of methoxy groups -OCH3 is 1. The summed E-state index contributed by atoms with van der Waals surface area (Å²) in [6.07, 6.45) is 0.713. The van der Waals surface area contributed by atoms with Gasteiger partial charge >= 0.3 is 0 Å². The zero-order valence-corrected chi connectivity index (χ0v) is 10.1. The van der Waals surface area contributed by atoms with E-state index in [1.807, 2.05) is 0 Å². The van der Waals surface area contributed by atoms with Crippen LogP contribution in [-0.2, 0) is 0 Å². The molecule has 15 heavy (non-hydrogen) atoms. The molecule has 1 aromatic carbocycles. The standard InChI is InChI=1S/C10H6BrFO2S/c1-14-7-3-8-6(10(12)9(7)11)2-5(4-13)15-8/h2-4H,1H3. The van der Waals surface area contributed by atoms with Gasteiger partial charge in [-0.05, 0) is 28.1 Å². The SMILES string of the molecule is COc1cc2sc(C=O)cc2c(F)c1Br. The molecule has 0 amide bonds. The fourth-order valence-electron chi connectivity index (χ4n) is 1.32. The molecule has 0 N–H and O–H groups in total. The van der Waals surface area contributed by atoms with E-state index in [1.54, 1.807) is 6.07 Å². The molecule has 0 saturated carbocycles. The molecule has 0 aliphatic heterocycles. The molecule has 78 valence electrons. The first-order chi connectivity index (χ1) is 7.17. The smallest absolute Gasteiger partial charge is 0.160 e. The maximum absolute atomic E-state index is 13.8. The normalized spacial score (nSPS) is 10.6. The predicted molar refractivity (Wildman–Crippen MR) is 61.4 cm³/mol. The topological polar surface area (TPSA) is 26.3 Å². The van der Waals surface area contributed by atoms with Crippen molar-refractivity contribution in [3.8, 4) is 5.75 Å².